The summed E-state index contributed by atoms with van der Waals surface area (Å²) in [5, 5.41) is 10.9. The van der Waals surface area contributed by atoms with Crippen LogP contribution in [0, 0.1) is 29.1 Å². The second-order valence-electron chi connectivity index (χ2n) is 18.9. The molecule has 0 amide bonds. The van der Waals surface area contributed by atoms with E-state index in [9.17, 15) is 5.11 Å². The lowest BCUT2D eigenvalue weighted by Crippen LogP contribution is -2.49. The normalized spacial score (nSPS) is 33.7. The molecule has 0 radical (unpaired) electrons. The smallest absolute Gasteiger partial charge is 0.192 e. The third-order valence-corrected chi connectivity index (χ3v) is 22.3. The van der Waals surface area contributed by atoms with Crippen molar-refractivity contribution >= 4 is 16.6 Å². The molecular weight excluding hydrogens is 585 g/mol. The molecule has 4 fully saturated rings. The molecule has 4 aliphatic rings. The van der Waals surface area contributed by atoms with Crippen LogP contribution >= 0.6 is 0 Å². The van der Waals surface area contributed by atoms with Crippen LogP contribution < -0.4 is 0 Å². The van der Waals surface area contributed by atoms with Crippen LogP contribution in [0.2, 0.25) is 36.3 Å². The van der Waals surface area contributed by atoms with Crippen LogP contribution in [0.25, 0.3) is 0 Å². The molecule has 45 heavy (non-hydrogen) atoms. The molecular formula is C40H70O3Si2. The highest BCUT2D eigenvalue weighted by Gasteiger charge is 2.50. The van der Waals surface area contributed by atoms with Gasteiger partial charge in [-0.2, -0.15) is 0 Å². The molecule has 0 heterocycles. The van der Waals surface area contributed by atoms with Gasteiger partial charge in [0.1, 0.15) is 0 Å². The van der Waals surface area contributed by atoms with Gasteiger partial charge < -0.3 is 14.0 Å². The quantitative estimate of drug-likeness (QED) is 0.188. The molecule has 0 bridgehead atoms. The first-order valence-corrected chi connectivity index (χ1v) is 24.3. The predicted octanol–water partition coefficient (Wildman–Crippen LogP) is 11.5. The van der Waals surface area contributed by atoms with Crippen LogP contribution in [0.1, 0.15) is 120 Å². The van der Waals surface area contributed by atoms with Gasteiger partial charge in [0.15, 0.2) is 16.6 Å². The Hall–Kier alpha value is -0.726. The predicted molar refractivity (Wildman–Crippen MR) is 199 cm³/mol. The Morgan fingerprint density at radius 1 is 0.933 bits per heavy atom. The van der Waals surface area contributed by atoms with Gasteiger partial charge in [-0.05, 0) is 121 Å². The highest BCUT2D eigenvalue weighted by molar-refractivity contribution is 6.74. The van der Waals surface area contributed by atoms with E-state index in [1.165, 1.54) is 56.1 Å². The summed E-state index contributed by atoms with van der Waals surface area (Å²) in [6, 6.07) is 0. The third-order valence-electron chi connectivity index (χ3n) is 13.3. The number of hydrogen-bond donors (Lipinski definition) is 1. The van der Waals surface area contributed by atoms with E-state index in [1.54, 1.807) is 5.57 Å². The molecule has 0 aromatic rings. The van der Waals surface area contributed by atoms with Gasteiger partial charge in [0.2, 0.25) is 0 Å². The number of hydrogen-bond acceptors (Lipinski definition) is 3. The Kier molecular flexibility index (Phi) is 11.3. The fourth-order valence-corrected chi connectivity index (χ4v) is 10.8. The van der Waals surface area contributed by atoms with Crippen LogP contribution in [-0.2, 0) is 8.85 Å². The first kappa shape index (κ1) is 37.1. The van der Waals surface area contributed by atoms with Gasteiger partial charge >= 0.3 is 0 Å². The van der Waals surface area contributed by atoms with Crippen LogP contribution in [0.5, 0.6) is 0 Å². The summed E-state index contributed by atoms with van der Waals surface area (Å²) >= 11 is 0. The van der Waals surface area contributed by atoms with E-state index in [4.69, 9.17) is 8.85 Å². The molecule has 4 saturated carbocycles. The molecule has 4 aliphatic carbocycles. The fourth-order valence-electron chi connectivity index (χ4n) is 8.12. The number of allylic oxidation sites excluding steroid dienone is 4. The number of fused-ring (bicyclic) bond motifs is 1. The molecule has 7 atom stereocenters. The van der Waals surface area contributed by atoms with Crippen molar-refractivity contribution in [3.8, 4) is 0 Å². The lowest BCUT2D eigenvalue weighted by atomic mass is 9.61. The van der Waals surface area contributed by atoms with Crippen molar-refractivity contribution in [2.24, 2.45) is 29.1 Å². The number of aliphatic hydroxyl groups is 1. The zero-order chi connectivity index (χ0) is 33.6. The van der Waals surface area contributed by atoms with E-state index in [2.05, 4.69) is 112 Å². The molecule has 0 saturated heterocycles. The van der Waals surface area contributed by atoms with Gasteiger partial charge in [-0.3, -0.25) is 0 Å². The minimum Gasteiger partial charge on any atom is -0.413 e. The van der Waals surface area contributed by atoms with Gasteiger partial charge in [0, 0.05) is 6.42 Å². The highest BCUT2D eigenvalue weighted by atomic mass is 28.4. The van der Waals surface area contributed by atoms with E-state index in [0.29, 0.717) is 23.2 Å². The van der Waals surface area contributed by atoms with Crippen molar-refractivity contribution < 1.29 is 14.0 Å². The van der Waals surface area contributed by atoms with Crippen molar-refractivity contribution in [1.82, 2.24) is 0 Å². The van der Waals surface area contributed by atoms with E-state index in [1.807, 2.05) is 0 Å². The lowest BCUT2D eigenvalue weighted by molar-refractivity contribution is 0.0969. The van der Waals surface area contributed by atoms with Crippen LogP contribution in [0.15, 0.2) is 47.6 Å². The summed E-state index contributed by atoms with van der Waals surface area (Å²) in [6.07, 6.45) is 21.1. The van der Waals surface area contributed by atoms with E-state index >= 15 is 0 Å². The first-order chi connectivity index (χ1) is 20.6. The number of aliphatic hydroxyl groups excluding tert-OH is 1. The first-order valence-electron chi connectivity index (χ1n) is 18.5. The van der Waals surface area contributed by atoms with Crippen LogP contribution in [0.3, 0.4) is 0 Å². The molecule has 3 nitrogen and oxygen atoms in total. The molecule has 0 aromatic carbocycles. The molecule has 0 spiro atoms. The lowest BCUT2D eigenvalue weighted by Gasteiger charge is -2.45. The van der Waals surface area contributed by atoms with E-state index in [-0.39, 0.29) is 28.4 Å². The Labute approximate surface area is 280 Å². The zero-order valence-electron chi connectivity index (χ0n) is 31.4. The highest BCUT2D eigenvalue weighted by Crippen LogP contribution is 2.59. The molecule has 0 unspecified atom stereocenters. The fraction of sp³-hybridized carbons (Fsp3) is 0.800. The molecule has 0 aromatic heterocycles. The minimum absolute atomic E-state index is 0.0226. The molecule has 1 N–H and O–H groups in total. The average Bonchev–Trinajstić information content (AvgIpc) is 3.64. The van der Waals surface area contributed by atoms with Gasteiger partial charge in [0.25, 0.3) is 0 Å². The summed E-state index contributed by atoms with van der Waals surface area (Å²) in [5.74, 6) is 2.59. The number of rotatable bonds is 10. The summed E-state index contributed by atoms with van der Waals surface area (Å²) in [4.78, 5) is 0. The standard InChI is InChI=1S/C40H70O3Si2/c1-28(16-21-33(41)25-30-17-18-30)35-22-23-36-31(15-14-24-40(35,36)9)19-20-32-26-34(42-44(10,11)38(3,4)5)27-37(29(32)2)43-45(12,13)39(6,7)8/h16,19-21,28,30,33-37,41H,2,14-15,17-18,22-27H2,1,3-13H3/t28-,33+,34-,35-,36+,37+,40-/m1/s1. The Bertz CT molecular complexity index is 1150. The maximum atomic E-state index is 10.5. The Morgan fingerprint density at radius 3 is 2.16 bits per heavy atom. The van der Waals surface area contributed by atoms with E-state index in [0.717, 1.165) is 25.2 Å². The maximum absolute atomic E-state index is 10.5. The average molecular weight is 655 g/mol. The topological polar surface area (TPSA) is 38.7 Å². The SMILES string of the molecule is C=C1C(=CC=C2CCC[C@]3(C)[C@@H]([C@H](C)C=C[C@H](O)CC4CC4)CC[C@@H]23)C[C@@H](O[Si](C)(C)C(C)(C)C)C[C@@H]1O[Si](C)(C)C(C)(C)C. The summed E-state index contributed by atoms with van der Waals surface area (Å²) < 4.78 is 14.2. The summed E-state index contributed by atoms with van der Waals surface area (Å²) in [5.41, 5.74) is 4.49. The van der Waals surface area contributed by atoms with Crippen molar-refractivity contribution in [2.75, 3.05) is 0 Å². The molecule has 5 heteroatoms. The Morgan fingerprint density at radius 2 is 1.56 bits per heavy atom. The van der Waals surface area contributed by atoms with Crippen molar-refractivity contribution in [3.63, 3.8) is 0 Å². The van der Waals surface area contributed by atoms with Gasteiger partial charge in [-0.15, -0.1) is 0 Å². The van der Waals surface area contributed by atoms with E-state index < -0.39 is 16.6 Å². The molecule has 256 valence electrons. The van der Waals surface area contributed by atoms with Crippen LogP contribution in [0.4, 0.5) is 0 Å². The monoisotopic (exact) mass is 654 g/mol. The zero-order valence-corrected chi connectivity index (χ0v) is 33.4. The minimum atomic E-state index is -1.98. The van der Waals surface area contributed by atoms with Crippen molar-refractivity contribution in [1.29, 1.82) is 0 Å². The van der Waals surface area contributed by atoms with Crippen LogP contribution in [-0.4, -0.2) is 40.1 Å². The van der Waals surface area contributed by atoms with Gasteiger partial charge in [-0.25, -0.2) is 0 Å². The van der Waals surface area contributed by atoms with Gasteiger partial charge in [-0.1, -0.05) is 105 Å². The summed E-state index contributed by atoms with van der Waals surface area (Å²) in [7, 11) is -3.91. The van der Waals surface area contributed by atoms with Crippen molar-refractivity contribution in [2.45, 2.75) is 174 Å². The molecule has 0 aliphatic heterocycles. The summed E-state index contributed by atoms with van der Waals surface area (Å²) in [6.45, 7) is 33.2. The van der Waals surface area contributed by atoms with Gasteiger partial charge in [0.05, 0.1) is 18.3 Å². The third kappa shape index (κ3) is 8.66. The molecule has 4 rings (SSSR count). The second-order valence-corrected chi connectivity index (χ2v) is 28.4. The van der Waals surface area contributed by atoms with Crippen molar-refractivity contribution in [3.05, 3.63) is 47.6 Å². The second kappa shape index (κ2) is 13.6. The maximum Gasteiger partial charge on any atom is 0.192 e. The largest absolute Gasteiger partial charge is 0.413 e. The Balaban J connectivity index is 1.56.